The summed E-state index contributed by atoms with van der Waals surface area (Å²) in [6.45, 7) is 8.31. The normalized spacial score (nSPS) is 14.6. The maximum Gasteiger partial charge on any atom is 2.00 e. The topological polar surface area (TPSA) is 42.4 Å². The van der Waals surface area contributed by atoms with Crippen molar-refractivity contribution in [3.8, 4) is 5.75 Å². The molecule has 140 valence electrons. The number of carbonyl (C=O) groups is 1. The molecule has 0 radical (unpaired) electrons. The van der Waals surface area contributed by atoms with Gasteiger partial charge in [0, 0.05) is 24.2 Å². The van der Waals surface area contributed by atoms with Gasteiger partial charge in [0.15, 0.2) is 0 Å². The average Bonchev–Trinajstić information content (AvgIpc) is 2.54. The third-order valence-corrected chi connectivity index (χ3v) is 4.36. The van der Waals surface area contributed by atoms with Gasteiger partial charge in [0.05, 0.1) is 6.61 Å². The molecule has 1 aromatic heterocycles. The van der Waals surface area contributed by atoms with Crippen LogP contribution < -0.4 is 4.74 Å². The molecule has 2 aromatic rings. The average molecular weight is 497 g/mol. The Morgan fingerprint density at radius 3 is 2.68 bits per heavy atom. The summed E-state index contributed by atoms with van der Waals surface area (Å²) >= 11 is 0. The molecule has 1 amide bonds. The Morgan fingerprint density at radius 2 is 2.12 bits per heavy atom. The molecule has 0 saturated carbocycles. The fraction of sp³-hybridized carbons (Fsp3) is 0.350. The second kappa shape index (κ2) is 9.20. The summed E-state index contributed by atoms with van der Waals surface area (Å²) in [5, 5.41) is 0. The predicted octanol–water partition coefficient (Wildman–Crippen LogP) is 3.45. The van der Waals surface area contributed by atoms with E-state index in [1.165, 1.54) is 5.56 Å². The molecule has 0 unspecified atom stereocenters. The number of pyridine rings is 1. The smallest absolute Gasteiger partial charge is 0.494 e. The molecule has 25 heavy (non-hydrogen) atoms. The quantitative estimate of drug-likeness (QED) is 0.608. The summed E-state index contributed by atoms with van der Waals surface area (Å²) in [6.07, 6.45) is 1.60. The van der Waals surface area contributed by atoms with Gasteiger partial charge >= 0.3 is 46.9 Å². The largest absolute Gasteiger partial charge is 2.00 e. The Morgan fingerprint density at radius 1 is 1.40 bits per heavy atom. The van der Waals surface area contributed by atoms with E-state index in [-0.39, 0.29) is 65.7 Å². The molecule has 0 bridgehead atoms. The van der Waals surface area contributed by atoms with Gasteiger partial charge < -0.3 is 22.0 Å². The van der Waals surface area contributed by atoms with Crippen LogP contribution in [0.5, 0.6) is 5.75 Å². The van der Waals surface area contributed by atoms with Crippen molar-refractivity contribution < 1.29 is 56.5 Å². The number of aromatic nitrogens is 1. The van der Waals surface area contributed by atoms with Crippen LogP contribution in [0.1, 0.15) is 35.5 Å². The molecular formula is C20H24N2O2Yb. The molecule has 0 atom stereocenters. The first-order valence-corrected chi connectivity index (χ1v) is 7.89. The molecule has 2 heterocycles. The van der Waals surface area contributed by atoms with E-state index in [9.17, 15) is 4.79 Å². The van der Waals surface area contributed by atoms with Gasteiger partial charge in [-0.1, -0.05) is 25.3 Å². The van der Waals surface area contributed by atoms with Crippen molar-refractivity contribution in [2.45, 2.75) is 26.2 Å². The van der Waals surface area contributed by atoms with Crippen molar-refractivity contribution in [3.63, 3.8) is 0 Å². The van der Waals surface area contributed by atoms with E-state index < -0.39 is 0 Å². The predicted molar refractivity (Wildman–Crippen MR) is 95.1 cm³/mol. The van der Waals surface area contributed by atoms with E-state index >= 15 is 0 Å². The Hall–Kier alpha value is -0.841. The second-order valence-electron chi connectivity index (χ2n) is 6.28. The van der Waals surface area contributed by atoms with E-state index in [2.05, 4.69) is 37.0 Å². The molecule has 1 aromatic carbocycles. The molecule has 1 fully saturated rings. The number of amides is 1. The molecule has 4 nitrogen and oxygen atoms in total. The number of likely N-dealkylation sites (tertiary alicyclic amines) is 1. The fourth-order valence-electron chi connectivity index (χ4n) is 3.07. The van der Waals surface area contributed by atoms with Gasteiger partial charge in [0.25, 0.3) is 0 Å². The maximum atomic E-state index is 12.4. The van der Waals surface area contributed by atoms with Gasteiger partial charge in [-0.3, -0.25) is 4.79 Å². The molecule has 0 aliphatic carbocycles. The van der Waals surface area contributed by atoms with Crippen LogP contribution in [0.3, 0.4) is 0 Å². The molecule has 3 rings (SSSR count). The van der Waals surface area contributed by atoms with Gasteiger partial charge in [-0.2, -0.15) is 12.1 Å². The molecule has 1 aliphatic rings. The summed E-state index contributed by atoms with van der Waals surface area (Å²) in [6, 6.07) is 12.5. The summed E-state index contributed by atoms with van der Waals surface area (Å²) in [7, 11) is 0. The molecular weight excluding hydrogens is 473 g/mol. The first-order valence-electron chi connectivity index (χ1n) is 7.89. The zero-order valence-corrected chi connectivity index (χ0v) is 16.8. The van der Waals surface area contributed by atoms with Gasteiger partial charge in [-0.25, -0.2) is 0 Å². The first kappa shape index (κ1) is 22.2. The van der Waals surface area contributed by atoms with Crippen LogP contribution in [0.2, 0.25) is 0 Å². The Kier molecular flexibility index (Phi) is 8.17. The van der Waals surface area contributed by atoms with Crippen molar-refractivity contribution in [2.24, 2.45) is 0 Å². The number of benzene rings is 1. The van der Waals surface area contributed by atoms with E-state index in [0.717, 1.165) is 11.3 Å². The van der Waals surface area contributed by atoms with Gasteiger partial charge in [0.1, 0.15) is 5.75 Å². The number of nitrogens with zero attached hydrogens (tertiary/aromatic N) is 2. The van der Waals surface area contributed by atoms with E-state index in [1.54, 1.807) is 18.3 Å². The van der Waals surface area contributed by atoms with E-state index in [4.69, 9.17) is 4.74 Å². The van der Waals surface area contributed by atoms with Crippen molar-refractivity contribution in [3.05, 3.63) is 66.8 Å². The van der Waals surface area contributed by atoms with Crippen LogP contribution in [0.15, 0.2) is 36.5 Å². The summed E-state index contributed by atoms with van der Waals surface area (Å²) in [5.74, 6) is 0.901. The Balaban J connectivity index is 0.00000156. The number of hydrogen-bond donors (Lipinski definition) is 0. The number of rotatable bonds is 4. The summed E-state index contributed by atoms with van der Waals surface area (Å²) in [5.41, 5.74) is 2.83. The molecule has 1 aliphatic heterocycles. The molecule has 0 N–H and O–H groups in total. The van der Waals surface area contributed by atoms with Crippen LogP contribution in [-0.2, 0) is 5.41 Å². The minimum Gasteiger partial charge on any atom is -0.494 e. The van der Waals surface area contributed by atoms with E-state index in [1.807, 2.05) is 17.9 Å². The maximum absolute atomic E-state index is 12.4. The van der Waals surface area contributed by atoms with Gasteiger partial charge in [0.2, 0.25) is 5.91 Å². The summed E-state index contributed by atoms with van der Waals surface area (Å²) < 4.78 is 5.60. The fourth-order valence-corrected chi connectivity index (χ4v) is 3.07. The van der Waals surface area contributed by atoms with E-state index in [0.29, 0.717) is 25.4 Å². The zero-order chi connectivity index (χ0) is 16.4. The third-order valence-electron chi connectivity index (χ3n) is 4.36. The van der Waals surface area contributed by atoms with Crippen molar-refractivity contribution >= 4 is 5.91 Å². The molecule has 1 saturated heterocycles. The van der Waals surface area contributed by atoms with Crippen molar-refractivity contribution in [1.29, 1.82) is 0 Å². The Labute approximate surface area is 189 Å². The molecule has 5 heteroatoms. The number of ether oxygens (including phenoxy) is 1. The number of aryl methyl sites for hydroxylation is 1. The first-order chi connectivity index (χ1) is 11.0. The van der Waals surface area contributed by atoms with Crippen LogP contribution >= 0.6 is 0 Å². The zero-order valence-electron chi connectivity index (χ0n) is 15.1. The van der Waals surface area contributed by atoms with Crippen molar-refractivity contribution in [1.82, 2.24) is 9.88 Å². The number of carbonyl (C=O) groups excluding carboxylic acids is 1. The van der Waals surface area contributed by atoms with Crippen molar-refractivity contribution in [2.75, 3.05) is 19.7 Å². The molecule has 0 spiro atoms. The van der Waals surface area contributed by atoms with Gasteiger partial charge in [-0.15, -0.1) is 6.07 Å². The SMILES string of the molecule is CCOc1ccc(C2(C)CN(C(=O)c3c[c-]ccn3)C2)cc1C.[CH3-].[Yb+2]. The minimum absolute atomic E-state index is 0. The summed E-state index contributed by atoms with van der Waals surface area (Å²) in [4.78, 5) is 18.3. The second-order valence-corrected chi connectivity index (χ2v) is 6.28. The van der Waals surface area contributed by atoms with Crippen LogP contribution in [-0.4, -0.2) is 35.5 Å². The third kappa shape index (κ3) is 4.66. The monoisotopic (exact) mass is 498 g/mol. The Bertz CT molecular complexity index is 713. The standard InChI is InChI=1S/C19H21N2O2.CH3.Yb/c1-4-23-17-9-8-15(11-14(17)2)19(3)12-21(13-19)18(22)16-7-5-6-10-20-16;;/h6-11H,4,12-13H2,1-3H3;1H3;/q2*-1;+2. The minimum atomic E-state index is -0.0259. The van der Waals surface area contributed by atoms with Crippen LogP contribution in [0.4, 0.5) is 0 Å². The van der Waals surface area contributed by atoms with Crippen LogP contribution in [0, 0.1) is 67.3 Å². The van der Waals surface area contributed by atoms with Gasteiger partial charge in [-0.05, 0) is 31.0 Å². The number of hydrogen-bond acceptors (Lipinski definition) is 3. The van der Waals surface area contributed by atoms with Crippen LogP contribution in [0.25, 0.3) is 0 Å².